The number of carbonyl (C=O) groups excluding carboxylic acids is 1. The molecule has 0 radical (unpaired) electrons. The minimum Gasteiger partial charge on any atom is -0.398 e. The molecule has 100 valence electrons. The first-order chi connectivity index (χ1) is 8.54. The highest BCUT2D eigenvalue weighted by atomic mass is 35.5. The fourth-order valence-corrected chi connectivity index (χ4v) is 1.59. The molecular weight excluding hydrogens is 254 g/mol. The van der Waals surface area contributed by atoms with Crippen LogP contribution in [0.4, 0.5) is 11.4 Å². The maximum atomic E-state index is 11.5. The summed E-state index contributed by atoms with van der Waals surface area (Å²) in [4.78, 5) is 11.5. The summed E-state index contributed by atoms with van der Waals surface area (Å²) >= 11 is 5.92. The summed E-state index contributed by atoms with van der Waals surface area (Å²) in [5.41, 5.74) is 7.95. The molecule has 0 aliphatic heterocycles. The number of carbonyl (C=O) groups is 1. The van der Waals surface area contributed by atoms with Gasteiger partial charge in [0.2, 0.25) is 5.91 Å². The molecule has 0 heterocycles. The highest BCUT2D eigenvalue weighted by Crippen LogP contribution is 2.26. The molecule has 1 aromatic rings. The first-order valence-electron chi connectivity index (χ1n) is 5.59. The molecule has 0 aliphatic rings. The lowest BCUT2D eigenvalue weighted by atomic mass is 10.2. The van der Waals surface area contributed by atoms with Gasteiger partial charge in [-0.1, -0.05) is 11.6 Å². The molecule has 0 fully saturated rings. The first-order valence-corrected chi connectivity index (χ1v) is 5.97. The topological polar surface area (TPSA) is 76.4 Å². The van der Waals surface area contributed by atoms with Crippen molar-refractivity contribution in [1.82, 2.24) is 5.32 Å². The number of methoxy groups -OCH3 is 1. The van der Waals surface area contributed by atoms with Crippen LogP contribution < -0.4 is 16.4 Å². The predicted molar refractivity (Wildman–Crippen MR) is 74.0 cm³/mol. The predicted octanol–water partition coefficient (Wildman–Crippen LogP) is 1.41. The third-order valence-electron chi connectivity index (χ3n) is 2.41. The molecule has 0 spiro atoms. The molecule has 18 heavy (non-hydrogen) atoms. The summed E-state index contributed by atoms with van der Waals surface area (Å²) in [5, 5.41) is 6.20. The van der Waals surface area contributed by atoms with Crippen LogP contribution in [-0.2, 0) is 9.53 Å². The molecule has 1 amide bonds. The lowest BCUT2D eigenvalue weighted by Gasteiger charge is -2.11. The summed E-state index contributed by atoms with van der Waals surface area (Å²) in [6.07, 6.45) is 0. The van der Waals surface area contributed by atoms with Gasteiger partial charge in [0.1, 0.15) is 0 Å². The number of amides is 1. The second-order valence-corrected chi connectivity index (χ2v) is 4.29. The summed E-state index contributed by atoms with van der Waals surface area (Å²) in [6.45, 7) is 3.08. The Kier molecular flexibility index (Phi) is 5.74. The Morgan fingerprint density at radius 2 is 2.22 bits per heavy atom. The van der Waals surface area contributed by atoms with E-state index in [1.54, 1.807) is 19.2 Å². The van der Waals surface area contributed by atoms with Crippen molar-refractivity contribution in [1.29, 1.82) is 0 Å². The van der Waals surface area contributed by atoms with Crippen LogP contribution in [0.2, 0.25) is 5.02 Å². The van der Waals surface area contributed by atoms with Gasteiger partial charge in [-0.05, 0) is 24.6 Å². The SMILES string of the molecule is COCCNC(=O)CNc1cc(Cl)c(N)cc1C. The van der Waals surface area contributed by atoms with E-state index >= 15 is 0 Å². The van der Waals surface area contributed by atoms with Crippen molar-refractivity contribution in [2.45, 2.75) is 6.92 Å². The van der Waals surface area contributed by atoms with E-state index in [2.05, 4.69) is 10.6 Å². The fourth-order valence-electron chi connectivity index (χ4n) is 1.42. The summed E-state index contributed by atoms with van der Waals surface area (Å²) in [5.74, 6) is -0.0978. The number of rotatable bonds is 6. The molecule has 1 aromatic carbocycles. The van der Waals surface area contributed by atoms with Crippen molar-refractivity contribution >= 4 is 28.9 Å². The summed E-state index contributed by atoms with van der Waals surface area (Å²) < 4.78 is 4.84. The average Bonchev–Trinajstić information content (AvgIpc) is 2.32. The van der Waals surface area contributed by atoms with Gasteiger partial charge < -0.3 is 21.1 Å². The normalized spacial score (nSPS) is 10.2. The monoisotopic (exact) mass is 271 g/mol. The van der Waals surface area contributed by atoms with Gasteiger partial charge >= 0.3 is 0 Å². The summed E-state index contributed by atoms with van der Waals surface area (Å²) in [6, 6.07) is 3.49. The highest BCUT2D eigenvalue weighted by molar-refractivity contribution is 6.33. The van der Waals surface area contributed by atoms with Crippen LogP contribution in [-0.4, -0.2) is 32.7 Å². The van der Waals surface area contributed by atoms with E-state index in [0.29, 0.717) is 23.9 Å². The van der Waals surface area contributed by atoms with Gasteiger partial charge in [0, 0.05) is 19.3 Å². The number of nitrogen functional groups attached to an aromatic ring is 1. The van der Waals surface area contributed by atoms with Gasteiger partial charge in [-0.2, -0.15) is 0 Å². The number of ether oxygens (including phenoxy) is 1. The van der Waals surface area contributed by atoms with Crippen molar-refractivity contribution < 1.29 is 9.53 Å². The van der Waals surface area contributed by atoms with Crippen molar-refractivity contribution in [2.75, 3.05) is 37.9 Å². The van der Waals surface area contributed by atoms with Crippen molar-refractivity contribution in [3.63, 3.8) is 0 Å². The maximum Gasteiger partial charge on any atom is 0.239 e. The van der Waals surface area contributed by atoms with Gasteiger partial charge in [0.05, 0.1) is 23.9 Å². The molecule has 0 saturated carbocycles. The maximum absolute atomic E-state index is 11.5. The zero-order chi connectivity index (χ0) is 13.5. The van der Waals surface area contributed by atoms with Crippen molar-refractivity contribution in [3.05, 3.63) is 22.7 Å². The number of halogens is 1. The molecule has 5 nitrogen and oxygen atoms in total. The number of hydrogen-bond donors (Lipinski definition) is 3. The van der Waals surface area contributed by atoms with Gasteiger partial charge in [-0.3, -0.25) is 4.79 Å². The number of nitrogens with two attached hydrogens (primary N) is 1. The van der Waals surface area contributed by atoms with E-state index in [1.807, 2.05) is 6.92 Å². The van der Waals surface area contributed by atoms with Crippen LogP contribution in [0, 0.1) is 6.92 Å². The Morgan fingerprint density at radius 3 is 2.89 bits per heavy atom. The Hall–Kier alpha value is -1.46. The highest BCUT2D eigenvalue weighted by Gasteiger charge is 2.05. The van der Waals surface area contributed by atoms with Crippen LogP contribution in [0.5, 0.6) is 0 Å². The van der Waals surface area contributed by atoms with E-state index in [4.69, 9.17) is 22.1 Å². The average molecular weight is 272 g/mol. The number of hydrogen-bond acceptors (Lipinski definition) is 4. The van der Waals surface area contributed by atoms with Crippen LogP contribution in [0.3, 0.4) is 0 Å². The zero-order valence-electron chi connectivity index (χ0n) is 10.5. The van der Waals surface area contributed by atoms with Crippen LogP contribution >= 0.6 is 11.6 Å². The van der Waals surface area contributed by atoms with E-state index in [-0.39, 0.29) is 12.5 Å². The quantitative estimate of drug-likeness (QED) is 0.540. The second-order valence-electron chi connectivity index (χ2n) is 3.88. The van der Waals surface area contributed by atoms with E-state index < -0.39 is 0 Å². The zero-order valence-corrected chi connectivity index (χ0v) is 11.3. The molecule has 0 aliphatic carbocycles. The minimum absolute atomic E-state index is 0.0978. The van der Waals surface area contributed by atoms with Crippen LogP contribution in [0.25, 0.3) is 0 Å². The molecule has 0 aromatic heterocycles. The van der Waals surface area contributed by atoms with Gasteiger partial charge in [-0.15, -0.1) is 0 Å². The van der Waals surface area contributed by atoms with Crippen molar-refractivity contribution in [3.8, 4) is 0 Å². The second kappa shape index (κ2) is 7.08. The Labute approximate surface area is 112 Å². The largest absolute Gasteiger partial charge is 0.398 e. The molecule has 0 saturated heterocycles. The Bertz CT molecular complexity index is 424. The Morgan fingerprint density at radius 1 is 1.50 bits per heavy atom. The molecule has 0 unspecified atom stereocenters. The summed E-state index contributed by atoms with van der Waals surface area (Å²) in [7, 11) is 1.59. The molecule has 1 rings (SSSR count). The number of benzene rings is 1. The minimum atomic E-state index is -0.0978. The third kappa shape index (κ3) is 4.43. The standard InChI is InChI=1S/C12H18ClN3O2/c1-8-5-10(14)9(13)6-11(8)16-7-12(17)15-3-4-18-2/h5-6,16H,3-4,7,14H2,1-2H3,(H,15,17). The molecular formula is C12H18ClN3O2. The lowest BCUT2D eigenvalue weighted by molar-refractivity contribution is -0.119. The molecule has 6 heteroatoms. The van der Waals surface area contributed by atoms with E-state index in [9.17, 15) is 4.79 Å². The van der Waals surface area contributed by atoms with E-state index in [0.717, 1.165) is 11.3 Å². The van der Waals surface area contributed by atoms with Gasteiger partial charge in [0.25, 0.3) is 0 Å². The Balaban J connectivity index is 2.48. The van der Waals surface area contributed by atoms with E-state index in [1.165, 1.54) is 0 Å². The fraction of sp³-hybridized carbons (Fsp3) is 0.417. The van der Waals surface area contributed by atoms with Crippen LogP contribution in [0.15, 0.2) is 12.1 Å². The number of nitrogens with one attached hydrogen (secondary N) is 2. The van der Waals surface area contributed by atoms with Crippen LogP contribution in [0.1, 0.15) is 5.56 Å². The molecule has 0 atom stereocenters. The molecule has 4 N–H and O–H groups in total. The smallest absolute Gasteiger partial charge is 0.239 e. The lowest BCUT2D eigenvalue weighted by Crippen LogP contribution is -2.32. The van der Waals surface area contributed by atoms with Crippen molar-refractivity contribution in [2.24, 2.45) is 0 Å². The number of aryl methyl sites for hydroxylation is 1. The third-order valence-corrected chi connectivity index (χ3v) is 2.74. The number of anilines is 2. The molecule has 0 bridgehead atoms. The van der Waals surface area contributed by atoms with Gasteiger partial charge in [0.15, 0.2) is 0 Å². The van der Waals surface area contributed by atoms with Gasteiger partial charge in [-0.25, -0.2) is 0 Å². The first kappa shape index (κ1) is 14.6.